The number of hydrogen-bond acceptors (Lipinski definition) is 3. The zero-order valence-corrected chi connectivity index (χ0v) is 15.7. The Morgan fingerprint density at radius 1 is 1.15 bits per heavy atom. The van der Waals surface area contributed by atoms with E-state index in [0.29, 0.717) is 18.9 Å². The molecule has 0 unspecified atom stereocenters. The molecule has 0 bridgehead atoms. The van der Waals surface area contributed by atoms with E-state index in [1.54, 1.807) is 0 Å². The summed E-state index contributed by atoms with van der Waals surface area (Å²) in [7, 11) is 0. The molecule has 0 aromatic carbocycles. The van der Waals surface area contributed by atoms with Gasteiger partial charge >= 0.3 is 0 Å². The molecule has 2 heterocycles. The minimum Gasteiger partial charge on any atom is -0.381 e. The lowest BCUT2D eigenvalue weighted by atomic mass is 9.86. The summed E-state index contributed by atoms with van der Waals surface area (Å²) >= 11 is 0. The van der Waals surface area contributed by atoms with E-state index in [9.17, 15) is 4.79 Å². The third kappa shape index (κ3) is 4.37. The predicted octanol–water partition coefficient (Wildman–Crippen LogP) is 3.55. The van der Waals surface area contributed by atoms with Crippen LogP contribution in [0.3, 0.4) is 0 Å². The van der Waals surface area contributed by atoms with Gasteiger partial charge in [-0.15, -0.1) is 0 Å². The van der Waals surface area contributed by atoms with Gasteiger partial charge in [-0.3, -0.25) is 4.79 Å². The van der Waals surface area contributed by atoms with Crippen molar-refractivity contribution in [1.29, 1.82) is 0 Å². The lowest BCUT2D eigenvalue weighted by Gasteiger charge is -2.28. The Morgan fingerprint density at radius 2 is 2.04 bits per heavy atom. The molecule has 1 aliphatic heterocycles. The van der Waals surface area contributed by atoms with Crippen molar-refractivity contribution < 1.29 is 9.53 Å². The van der Waals surface area contributed by atoms with Crippen molar-refractivity contribution in [3.05, 3.63) is 29.9 Å². The Balaban J connectivity index is 1.38. The maximum Gasteiger partial charge on any atom is 0.227 e. The first-order valence-electron chi connectivity index (χ1n) is 10.3. The van der Waals surface area contributed by atoms with Gasteiger partial charge in [-0.2, -0.15) is 0 Å². The summed E-state index contributed by atoms with van der Waals surface area (Å²) in [4.78, 5) is 19.3. The highest BCUT2D eigenvalue weighted by atomic mass is 16.5. The van der Waals surface area contributed by atoms with Gasteiger partial charge in [-0.05, 0) is 44.4 Å². The normalized spacial score (nSPS) is 23.8. The Bertz CT molecular complexity index is 647. The number of ether oxygens (including phenoxy) is 1. The highest BCUT2D eigenvalue weighted by molar-refractivity contribution is 5.78. The van der Waals surface area contributed by atoms with Crippen LogP contribution in [0, 0.1) is 11.8 Å². The van der Waals surface area contributed by atoms with Gasteiger partial charge in [0.25, 0.3) is 0 Å². The molecule has 0 radical (unpaired) electrons. The third-order valence-corrected chi connectivity index (χ3v) is 6.13. The van der Waals surface area contributed by atoms with Crippen molar-refractivity contribution in [3.8, 4) is 0 Å². The first kappa shape index (κ1) is 17.8. The predicted molar refractivity (Wildman–Crippen MR) is 100 cm³/mol. The Morgan fingerprint density at radius 3 is 2.81 bits per heavy atom. The fourth-order valence-electron chi connectivity index (χ4n) is 4.28. The molecule has 1 aromatic heterocycles. The third-order valence-electron chi connectivity index (χ3n) is 6.13. The lowest BCUT2D eigenvalue weighted by Crippen LogP contribution is -2.35. The van der Waals surface area contributed by atoms with E-state index >= 15 is 0 Å². The van der Waals surface area contributed by atoms with Crippen LogP contribution in [0.5, 0.6) is 0 Å². The topological polar surface area (TPSA) is 47.4 Å². The van der Waals surface area contributed by atoms with Gasteiger partial charge in [0.05, 0.1) is 25.2 Å². The molecular formula is C21H31N3O2. The quantitative estimate of drug-likeness (QED) is 0.732. The molecule has 0 spiro atoms. The maximum atomic E-state index is 12.9. The van der Waals surface area contributed by atoms with Gasteiger partial charge in [0.15, 0.2) is 0 Å². The fourth-order valence-corrected chi connectivity index (χ4v) is 4.28. The zero-order valence-electron chi connectivity index (χ0n) is 15.7. The number of fused-ring (bicyclic) bond motifs is 1. The van der Waals surface area contributed by atoms with Crippen LogP contribution in [0.4, 0.5) is 0 Å². The molecule has 5 heteroatoms. The molecule has 2 aliphatic carbocycles. The van der Waals surface area contributed by atoms with Crippen molar-refractivity contribution in [2.75, 3.05) is 19.8 Å². The highest BCUT2D eigenvalue weighted by Crippen LogP contribution is 2.27. The van der Waals surface area contributed by atoms with Gasteiger partial charge in [-0.1, -0.05) is 18.1 Å². The summed E-state index contributed by atoms with van der Waals surface area (Å²) in [6, 6.07) is 0. The van der Waals surface area contributed by atoms with E-state index in [1.807, 2.05) is 17.4 Å². The smallest absolute Gasteiger partial charge is 0.227 e. The minimum atomic E-state index is 0.261. The van der Waals surface area contributed by atoms with E-state index in [1.165, 1.54) is 37.7 Å². The van der Waals surface area contributed by atoms with Crippen LogP contribution in [0.2, 0.25) is 0 Å². The van der Waals surface area contributed by atoms with Crippen LogP contribution in [0.25, 0.3) is 0 Å². The minimum absolute atomic E-state index is 0.261. The molecule has 26 heavy (non-hydrogen) atoms. The second-order valence-corrected chi connectivity index (χ2v) is 8.30. The molecule has 1 aromatic rings. The van der Waals surface area contributed by atoms with Crippen molar-refractivity contribution >= 4 is 5.91 Å². The lowest BCUT2D eigenvalue weighted by molar-refractivity contribution is -0.132. The summed E-state index contributed by atoms with van der Waals surface area (Å²) < 4.78 is 8.22. The number of carbonyl (C=O) groups is 1. The Kier molecular flexibility index (Phi) is 5.73. The number of rotatable bonds is 6. The van der Waals surface area contributed by atoms with E-state index in [0.717, 1.165) is 50.8 Å². The van der Waals surface area contributed by atoms with Crippen LogP contribution >= 0.6 is 0 Å². The molecule has 1 atom stereocenters. The molecule has 4 rings (SSSR count). The largest absolute Gasteiger partial charge is 0.381 e. The van der Waals surface area contributed by atoms with Crippen LogP contribution in [0.15, 0.2) is 24.2 Å². The van der Waals surface area contributed by atoms with Crippen molar-refractivity contribution in [1.82, 2.24) is 14.5 Å². The molecule has 0 N–H and O–H groups in total. The van der Waals surface area contributed by atoms with Crippen LogP contribution in [-0.2, 0) is 22.6 Å². The van der Waals surface area contributed by atoms with Gasteiger partial charge in [0.1, 0.15) is 0 Å². The van der Waals surface area contributed by atoms with Crippen molar-refractivity contribution in [2.45, 2.75) is 64.5 Å². The monoisotopic (exact) mass is 357 g/mol. The highest BCUT2D eigenvalue weighted by Gasteiger charge is 2.26. The van der Waals surface area contributed by atoms with Crippen molar-refractivity contribution in [2.24, 2.45) is 11.8 Å². The number of imidazole rings is 1. The van der Waals surface area contributed by atoms with E-state index in [2.05, 4.69) is 15.6 Å². The summed E-state index contributed by atoms with van der Waals surface area (Å²) in [6.45, 7) is 3.98. The summed E-state index contributed by atoms with van der Waals surface area (Å²) in [5.41, 5.74) is 2.47. The van der Waals surface area contributed by atoms with E-state index in [4.69, 9.17) is 4.74 Å². The number of allylic oxidation sites excluding steroid dienone is 1. The summed E-state index contributed by atoms with van der Waals surface area (Å²) in [5, 5.41) is 0. The van der Waals surface area contributed by atoms with E-state index in [-0.39, 0.29) is 5.91 Å². The van der Waals surface area contributed by atoms with Crippen molar-refractivity contribution in [3.63, 3.8) is 0 Å². The van der Waals surface area contributed by atoms with Crippen LogP contribution in [0.1, 0.15) is 57.1 Å². The number of aromatic nitrogens is 2. The molecule has 1 fully saturated rings. The molecule has 142 valence electrons. The summed E-state index contributed by atoms with van der Waals surface area (Å²) in [5.74, 6) is 1.37. The maximum absolute atomic E-state index is 12.9. The number of amides is 1. The second-order valence-electron chi connectivity index (χ2n) is 8.30. The second kappa shape index (κ2) is 8.38. The first-order chi connectivity index (χ1) is 12.8. The summed E-state index contributed by atoms with van der Waals surface area (Å²) in [6.07, 6.45) is 15.4. The SMILES string of the molecule is O=C(CC1=CCCCC1)N1Cc2cncn2C[C@H](COCC2CCC2)C1. The van der Waals surface area contributed by atoms with E-state index < -0.39 is 0 Å². The average molecular weight is 357 g/mol. The van der Waals surface area contributed by atoms with Gasteiger partial charge < -0.3 is 14.2 Å². The number of nitrogens with zero attached hydrogens (tertiary/aromatic N) is 3. The molecular weight excluding hydrogens is 326 g/mol. The number of carbonyl (C=O) groups excluding carboxylic acids is 1. The van der Waals surface area contributed by atoms with Gasteiger partial charge in [-0.25, -0.2) is 4.98 Å². The molecule has 3 aliphatic rings. The fraction of sp³-hybridized carbons (Fsp3) is 0.714. The Labute approximate surface area is 156 Å². The molecule has 0 saturated heterocycles. The molecule has 1 saturated carbocycles. The van der Waals surface area contributed by atoms with Crippen LogP contribution in [-0.4, -0.2) is 40.1 Å². The first-order valence-corrected chi connectivity index (χ1v) is 10.3. The Hall–Kier alpha value is -1.62. The van der Waals surface area contributed by atoms with Crippen LogP contribution < -0.4 is 0 Å². The molecule has 1 amide bonds. The average Bonchev–Trinajstić information content (AvgIpc) is 2.96. The standard InChI is InChI=1S/C21H31N3O2/c25-21(9-17-5-2-1-3-6-17)23-11-19(15-26-14-18-7-4-8-18)12-24-16-22-10-20(24)13-23/h5,10,16,18-19H,1-4,6-9,11-15H2/t19-/m1/s1. The van der Waals surface area contributed by atoms with Gasteiger partial charge in [0, 0.05) is 38.2 Å². The van der Waals surface area contributed by atoms with Gasteiger partial charge in [0.2, 0.25) is 5.91 Å². The number of hydrogen-bond donors (Lipinski definition) is 0. The zero-order chi connectivity index (χ0) is 17.8. The molecule has 5 nitrogen and oxygen atoms in total.